The summed E-state index contributed by atoms with van der Waals surface area (Å²) in [5.74, 6) is 0.362. The second kappa shape index (κ2) is 6.91. The maximum atomic E-state index is 11.9. The van der Waals surface area contributed by atoms with Crippen LogP contribution in [0.4, 0.5) is 0 Å². The van der Waals surface area contributed by atoms with Gasteiger partial charge in [-0.3, -0.25) is 4.79 Å². The highest BCUT2D eigenvalue weighted by atomic mass is 16.7. The predicted molar refractivity (Wildman–Crippen MR) is 76.9 cm³/mol. The molecule has 1 aromatic rings. The molecule has 1 saturated heterocycles. The minimum atomic E-state index is -0.763. The van der Waals surface area contributed by atoms with Crippen LogP contribution in [0, 0.1) is 5.92 Å². The molecular weight excluding hydrogens is 272 g/mol. The normalized spacial score (nSPS) is 21.7. The van der Waals surface area contributed by atoms with Crippen molar-refractivity contribution in [3.8, 4) is 5.75 Å². The lowest BCUT2D eigenvalue weighted by atomic mass is 9.95. The molecule has 5 nitrogen and oxygen atoms in total. The van der Waals surface area contributed by atoms with Gasteiger partial charge in [-0.15, -0.1) is 0 Å². The molecule has 0 aliphatic carbocycles. The van der Waals surface area contributed by atoms with E-state index < -0.39 is 6.29 Å². The Hall–Kier alpha value is -1.59. The Morgan fingerprint density at radius 1 is 1.43 bits per heavy atom. The first-order valence-electron chi connectivity index (χ1n) is 7.27. The molecule has 3 unspecified atom stereocenters. The topological polar surface area (TPSA) is 68.3 Å². The van der Waals surface area contributed by atoms with Gasteiger partial charge in [0.15, 0.2) is 6.29 Å². The molecule has 0 radical (unpaired) electrons. The van der Waals surface area contributed by atoms with Gasteiger partial charge in [0.05, 0.1) is 19.6 Å². The van der Waals surface area contributed by atoms with Crippen LogP contribution in [0.1, 0.15) is 37.5 Å². The molecule has 0 aromatic heterocycles. The van der Waals surface area contributed by atoms with Crippen LogP contribution in [-0.2, 0) is 20.7 Å². The number of ether oxygens (including phenoxy) is 3. The molecule has 1 aromatic carbocycles. The fourth-order valence-electron chi connectivity index (χ4n) is 2.40. The van der Waals surface area contributed by atoms with E-state index >= 15 is 0 Å². The Morgan fingerprint density at radius 2 is 2.14 bits per heavy atom. The molecule has 0 saturated carbocycles. The van der Waals surface area contributed by atoms with Crippen molar-refractivity contribution in [3.05, 3.63) is 29.3 Å². The van der Waals surface area contributed by atoms with Gasteiger partial charge in [-0.2, -0.15) is 0 Å². The van der Waals surface area contributed by atoms with Crippen molar-refractivity contribution in [2.24, 2.45) is 5.92 Å². The first-order chi connectivity index (χ1) is 10.1. The molecular formula is C16H22O5. The summed E-state index contributed by atoms with van der Waals surface area (Å²) < 4.78 is 15.5. The van der Waals surface area contributed by atoms with Gasteiger partial charge in [-0.05, 0) is 37.5 Å². The van der Waals surface area contributed by atoms with E-state index in [1.165, 1.54) is 0 Å². The van der Waals surface area contributed by atoms with Crippen molar-refractivity contribution in [1.82, 2.24) is 0 Å². The third-order valence-corrected chi connectivity index (χ3v) is 3.66. The fourth-order valence-corrected chi connectivity index (χ4v) is 2.40. The highest BCUT2D eigenvalue weighted by Crippen LogP contribution is 2.41. The summed E-state index contributed by atoms with van der Waals surface area (Å²) in [6, 6.07) is 5.71. The van der Waals surface area contributed by atoms with Crippen LogP contribution < -0.4 is 4.74 Å². The van der Waals surface area contributed by atoms with E-state index in [1.54, 1.807) is 7.11 Å². The molecule has 1 aliphatic heterocycles. The Bertz CT molecular complexity index is 499. The van der Waals surface area contributed by atoms with E-state index in [1.807, 2.05) is 32.0 Å². The zero-order valence-electron chi connectivity index (χ0n) is 12.7. The lowest BCUT2D eigenvalue weighted by Gasteiger charge is -2.15. The monoisotopic (exact) mass is 294 g/mol. The molecule has 5 heteroatoms. The maximum absolute atomic E-state index is 11.9. The number of hydrogen-bond donors (Lipinski definition) is 1. The number of carbonyl (C=O) groups excluding carboxylic acids is 1. The number of hydrogen-bond acceptors (Lipinski definition) is 5. The van der Waals surface area contributed by atoms with E-state index in [0.29, 0.717) is 18.8 Å². The van der Waals surface area contributed by atoms with E-state index in [4.69, 9.17) is 14.2 Å². The number of aliphatic hydroxyl groups is 1. The van der Waals surface area contributed by atoms with Crippen LogP contribution in [0.15, 0.2) is 18.2 Å². The number of esters is 1. The Kier molecular flexibility index (Phi) is 5.20. The summed E-state index contributed by atoms with van der Waals surface area (Å²) in [7, 11) is 1.58. The van der Waals surface area contributed by atoms with Crippen LogP contribution in [0.3, 0.4) is 0 Å². The van der Waals surface area contributed by atoms with E-state index in [2.05, 4.69) is 0 Å². The smallest absolute Gasteiger partial charge is 0.309 e. The minimum Gasteiger partial charge on any atom is -0.496 e. The predicted octanol–water partition coefficient (Wildman–Crippen LogP) is 2.22. The maximum Gasteiger partial charge on any atom is 0.309 e. The van der Waals surface area contributed by atoms with Gasteiger partial charge in [0.1, 0.15) is 11.9 Å². The summed E-state index contributed by atoms with van der Waals surface area (Å²) in [5, 5.41) is 9.43. The van der Waals surface area contributed by atoms with Gasteiger partial charge in [0.25, 0.3) is 0 Å². The van der Waals surface area contributed by atoms with Crippen LogP contribution in [0.25, 0.3) is 0 Å². The fraction of sp³-hybridized carbons (Fsp3) is 0.562. The number of epoxide rings is 1. The lowest BCUT2D eigenvalue weighted by molar-refractivity contribution is -0.148. The molecule has 2 rings (SSSR count). The number of methoxy groups -OCH3 is 1. The van der Waals surface area contributed by atoms with Gasteiger partial charge >= 0.3 is 5.97 Å². The lowest BCUT2D eigenvalue weighted by Crippen LogP contribution is -2.19. The summed E-state index contributed by atoms with van der Waals surface area (Å²) >= 11 is 0. The third kappa shape index (κ3) is 3.74. The van der Waals surface area contributed by atoms with Gasteiger partial charge in [-0.1, -0.05) is 13.0 Å². The van der Waals surface area contributed by atoms with Crippen LogP contribution >= 0.6 is 0 Å². The Balaban J connectivity index is 2.14. The Morgan fingerprint density at radius 3 is 2.67 bits per heavy atom. The van der Waals surface area contributed by atoms with Gasteiger partial charge in [0.2, 0.25) is 0 Å². The summed E-state index contributed by atoms with van der Waals surface area (Å²) in [6.07, 6.45) is 0.237. The molecule has 0 bridgehead atoms. The zero-order chi connectivity index (χ0) is 15.4. The quantitative estimate of drug-likeness (QED) is 0.617. The first-order valence-corrected chi connectivity index (χ1v) is 7.27. The van der Waals surface area contributed by atoms with Gasteiger partial charge in [0, 0.05) is 5.56 Å². The van der Waals surface area contributed by atoms with E-state index in [-0.39, 0.29) is 18.0 Å². The molecule has 1 heterocycles. The van der Waals surface area contributed by atoms with Crippen LogP contribution in [0.2, 0.25) is 0 Å². The van der Waals surface area contributed by atoms with Gasteiger partial charge < -0.3 is 19.3 Å². The number of rotatable bonds is 7. The number of aliphatic hydroxyl groups excluding tert-OH is 1. The van der Waals surface area contributed by atoms with Crippen molar-refractivity contribution in [2.75, 3.05) is 13.7 Å². The number of carbonyl (C=O) groups is 1. The van der Waals surface area contributed by atoms with Crippen LogP contribution in [0.5, 0.6) is 5.75 Å². The molecule has 116 valence electrons. The zero-order valence-corrected chi connectivity index (χ0v) is 12.7. The molecule has 1 fully saturated rings. The van der Waals surface area contributed by atoms with E-state index in [0.717, 1.165) is 17.5 Å². The van der Waals surface area contributed by atoms with Crippen LogP contribution in [-0.4, -0.2) is 31.1 Å². The van der Waals surface area contributed by atoms with Gasteiger partial charge in [-0.25, -0.2) is 0 Å². The number of benzene rings is 1. The summed E-state index contributed by atoms with van der Waals surface area (Å²) in [5.41, 5.74) is 1.83. The van der Waals surface area contributed by atoms with Crippen molar-refractivity contribution in [2.45, 2.75) is 39.1 Å². The Labute approximate surface area is 124 Å². The standard InChI is InChI=1S/C16H22O5/c1-4-11(15(17)20-5-2)8-10-6-7-13(19-3)12(9-10)14-16(18)21-14/h6-7,9,11,14,16,18H,4-5,8H2,1-3H3. The van der Waals surface area contributed by atoms with Crippen molar-refractivity contribution < 1.29 is 24.1 Å². The first kappa shape index (κ1) is 15.8. The third-order valence-electron chi connectivity index (χ3n) is 3.66. The highest BCUT2D eigenvalue weighted by molar-refractivity contribution is 5.72. The molecule has 0 amide bonds. The molecule has 0 spiro atoms. The van der Waals surface area contributed by atoms with Crippen molar-refractivity contribution in [3.63, 3.8) is 0 Å². The highest BCUT2D eigenvalue weighted by Gasteiger charge is 2.40. The average molecular weight is 294 g/mol. The average Bonchev–Trinajstić information content (AvgIpc) is 3.21. The largest absolute Gasteiger partial charge is 0.496 e. The van der Waals surface area contributed by atoms with Crippen molar-refractivity contribution in [1.29, 1.82) is 0 Å². The molecule has 1 N–H and O–H groups in total. The summed E-state index contributed by atoms with van der Waals surface area (Å²) in [6.45, 7) is 4.17. The minimum absolute atomic E-state index is 0.156. The summed E-state index contributed by atoms with van der Waals surface area (Å²) in [4.78, 5) is 11.9. The van der Waals surface area contributed by atoms with Crippen molar-refractivity contribution >= 4 is 5.97 Å². The SMILES string of the molecule is CCOC(=O)C(CC)Cc1ccc(OC)c(C2OC2O)c1. The molecule has 1 aliphatic rings. The molecule has 21 heavy (non-hydrogen) atoms. The second-order valence-electron chi connectivity index (χ2n) is 5.08. The molecule has 3 atom stereocenters. The van der Waals surface area contributed by atoms with E-state index in [9.17, 15) is 9.90 Å². The second-order valence-corrected chi connectivity index (χ2v) is 5.08.